The van der Waals surface area contributed by atoms with Crippen LogP contribution in [0.2, 0.25) is 0 Å². The van der Waals surface area contributed by atoms with Crippen LogP contribution in [0.15, 0.2) is 48.5 Å². The number of carboxylic acids is 1. The van der Waals surface area contributed by atoms with Crippen LogP contribution < -0.4 is 0 Å². The van der Waals surface area contributed by atoms with Crippen LogP contribution in [0, 0.1) is 16.7 Å². The molecule has 5 heteroatoms. The summed E-state index contributed by atoms with van der Waals surface area (Å²) in [7, 11) is 0. The fraction of sp³-hybridized carbons (Fsp3) is 0.500. The Kier molecular flexibility index (Phi) is 5.46. The number of aliphatic carboxylic acids is 1. The van der Waals surface area contributed by atoms with E-state index in [9.17, 15) is 14.7 Å². The molecule has 1 aliphatic heterocycles. The molecule has 1 saturated heterocycles. The lowest BCUT2D eigenvalue weighted by molar-refractivity contribution is -0.145. The number of carbonyl (C=O) groups is 2. The van der Waals surface area contributed by atoms with Crippen molar-refractivity contribution in [2.75, 3.05) is 19.7 Å². The minimum absolute atomic E-state index is 0.00636. The molecule has 1 amide bonds. The van der Waals surface area contributed by atoms with Crippen LogP contribution >= 0.6 is 0 Å². The van der Waals surface area contributed by atoms with E-state index in [1.165, 1.54) is 22.3 Å². The number of nitrogens with zero attached hydrogens (tertiary/aromatic N) is 1. The summed E-state index contributed by atoms with van der Waals surface area (Å²) in [5.74, 6) is -1.30. The van der Waals surface area contributed by atoms with E-state index in [1.807, 2.05) is 24.3 Å². The van der Waals surface area contributed by atoms with Crippen molar-refractivity contribution in [3.8, 4) is 11.1 Å². The molecule has 2 unspecified atom stereocenters. The number of benzene rings is 2. The molecule has 174 valence electrons. The highest BCUT2D eigenvalue weighted by Gasteiger charge is 2.52. The van der Waals surface area contributed by atoms with Gasteiger partial charge < -0.3 is 14.7 Å². The van der Waals surface area contributed by atoms with E-state index < -0.39 is 11.9 Å². The molecule has 33 heavy (non-hydrogen) atoms. The van der Waals surface area contributed by atoms with E-state index in [0.29, 0.717) is 6.54 Å². The van der Waals surface area contributed by atoms with E-state index >= 15 is 0 Å². The minimum atomic E-state index is -0.788. The van der Waals surface area contributed by atoms with Crippen molar-refractivity contribution in [2.45, 2.75) is 51.9 Å². The predicted octanol–water partition coefficient (Wildman–Crippen LogP) is 5.93. The second-order valence-corrected chi connectivity index (χ2v) is 11.0. The number of likely N-dealkylation sites (tertiary alicyclic amines) is 1. The van der Waals surface area contributed by atoms with Gasteiger partial charge in [-0.3, -0.25) is 4.79 Å². The molecule has 2 aromatic rings. The number of hydrogen-bond acceptors (Lipinski definition) is 3. The first-order valence-corrected chi connectivity index (χ1v) is 12.1. The molecule has 0 aromatic heterocycles. The number of ether oxygens (including phenoxy) is 1. The summed E-state index contributed by atoms with van der Waals surface area (Å²) in [5, 5.41) is 9.99. The Labute approximate surface area is 195 Å². The second-order valence-electron chi connectivity index (χ2n) is 11.0. The molecule has 2 aromatic carbocycles. The normalized spacial score (nSPS) is 26.0. The van der Waals surface area contributed by atoms with Gasteiger partial charge in [-0.15, -0.1) is 0 Å². The van der Waals surface area contributed by atoms with Gasteiger partial charge in [-0.25, -0.2) is 4.79 Å². The van der Waals surface area contributed by atoms with Gasteiger partial charge in [0.05, 0.1) is 5.92 Å². The Hall–Kier alpha value is -2.82. The van der Waals surface area contributed by atoms with Gasteiger partial charge in [-0.05, 0) is 53.4 Å². The van der Waals surface area contributed by atoms with E-state index in [2.05, 4.69) is 38.1 Å². The highest BCUT2D eigenvalue weighted by molar-refractivity contribution is 5.79. The highest BCUT2D eigenvalue weighted by atomic mass is 16.6. The zero-order valence-corrected chi connectivity index (χ0v) is 19.5. The first-order chi connectivity index (χ1) is 15.8. The molecule has 3 aliphatic rings. The van der Waals surface area contributed by atoms with Crippen LogP contribution in [0.4, 0.5) is 4.79 Å². The lowest BCUT2D eigenvalue weighted by Gasteiger charge is -2.32. The quantitative estimate of drug-likeness (QED) is 0.633. The lowest BCUT2D eigenvalue weighted by atomic mass is 9.71. The first kappa shape index (κ1) is 22.0. The smallest absolute Gasteiger partial charge is 0.409 e. The van der Waals surface area contributed by atoms with Crippen molar-refractivity contribution in [3.05, 3.63) is 59.7 Å². The van der Waals surface area contributed by atoms with Crippen LogP contribution in [0.3, 0.4) is 0 Å². The number of fused-ring (bicyclic) bond motifs is 3. The van der Waals surface area contributed by atoms with Crippen molar-refractivity contribution < 1.29 is 19.4 Å². The molecule has 1 saturated carbocycles. The number of carboxylic acid groups (broad SMARTS) is 1. The average Bonchev–Trinajstić information content (AvgIpc) is 3.28. The zero-order valence-electron chi connectivity index (χ0n) is 19.5. The van der Waals surface area contributed by atoms with Gasteiger partial charge in [-0.2, -0.15) is 0 Å². The standard InChI is InChI=1S/C28H33NO4/c1-27(2)12-7-13-28(15-14-27)18-29(16-24(28)25(30)31)26(32)33-17-23-21-10-5-3-8-19(21)20-9-4-6-11-22(20)23/h3-6,8-11,23-24H,7,12-18H2,1-2H3,(H,30,31). The van der Waals surface area contributed by atoms with Crippen LogP contribution in [-0.4, -0.2) is 41.8 Å². The molecule has 0 radical (unpaired) electrons. The Morgan fingerprint density at radius 1 is 0.970 bits per heavy atom. The van der Waals surface area contributed by atoms with Crippen molar-refractivity contribution in [2.24, 2.45) is 16.7 Å². The van der Waals surface area contributed by atoms with Crippen molar-refractivity contribution in [3.63, 3.8) is 0 Å². The fourth-order valence-electron chi connectivity index (χ4n) is 6.40. The third kappa shape index (κ3) is 3.92. The maximum Gasteiger partial charge on any atom is 0.409 e. The number of carbonyl (C=O) groups excluding carboxylic acids is 1. The summed E-state index contributed by atoms with van der Waals surface area (Å²) >= 11 is 0. The van der Waals surface area contributed by atoms with Gasteiger partial charge in [-0.1, -0.05) is 68.8 Å². The van der Waals surface area contributed by atoms with Gasteiger partial charge in [0.15, 0.2) is 0 Å². The average molecular weight is 448 g/mol. The Bertz CT molecular complexity index is 1030. The van der Waals surface area contributed by atoms with E-state index in [0.717, 1.165) is 32.1 Å². The van der Waals surface area contributed by atoms with Gasteiger partial charge >= 0.3 is 12.1 Å². The monoisotopic (exact) mass is 447 g/mol. The van der Waals surface area contributed by atoms with E-state index in [1.54, 1.807) is 4.90 Å². The van der Waals surface area contributed by atoms with Gasteiger partial charge in [0.25, 0.3) is 0 Å². The van der Waals surface area contributed by atoms with Crippen molar-refractivity contribution in [1.29, 1.82) is 0 Å². The molecule has 2 aliphatic carbocycles. The van der Waals surface area contributed by atoms with Gasteiger partial charge in [0.1, 0.15) is 6.61 Å². The SMILES string of the molecule is CC1(C)CCCC2(CC1)CN(C(=O)OCC1c3ccccc3-c3ccccc31)CC2C(=O)O. The van der Waals surface area contributed by atoms with Gasteiger partial charge in [0, 0.05) is 24.4 Å². The van der Waals surface area contributed by atoms with Crippen LogP contribution in [0.25, 0.3) is 11.1 Å². The predicted molar refractivity (Wildman–Crippen MR) is 127 cm³/mol. The molecule has 5 nitrogen and oxygen atoms in total. The second kappa shape index (κ2) is 8.19. The molecule has 1 spiro atoms. The molecule has 0 bridgehead atoms. The number of rotatable bonds is 3. The maximum atomic E-state index is 13.1. The maximum absolute atomic E-state index is 13.1. The summed E-state index contributed by atoms with van der Waals surface area (Å²) in [6, 6.07) is 16.6. The Balaban J connectivity index is 1.31. The minimum Gasteiger partial charge on any atom is -0.481 e. The summed E-state index contributed by atoms with van der Waals surface area (Å²) in [4.78, 5) is 27.0. The van der Waals surface area contributed by atoms with Gasteiger partial charge in [0.2, 0.25) is 0 Å². The fourth-order valence-corrected chi connectivity index (χ4v) is 6.40. The molecular weight excluding hydrogens is 414 g/mol. The summed E-state index contributed by atoms with van der Waals surface area (Å²) < 4.78 is 5.85. The number of amides is 1. The molecule has 2 fully saturated rings. The third-order valence-electron chi connectivity index (χ3n) is 8.37. The van der Waals surface area contributed by atoms with E-state index in [-0.39, 0.29) is 36.0 Å². The first-order valence-electron chi connectivity index (χ1n) is 12.1. The summed E-state index contributed by atoms with van der Waals surface area (Å²) in [6.07, 6.45) is 4.44. The zero-order chi connectivity index (χ0) is 23.2. The largest absolute Gasteiger partial charge is 0.481 e. The molecular formula is C28H33NO4. The molecule has 1 N–H and O–H groups in total. The Morgan fingerprint density at radius 2 is 1.61 bits per heavy atom. The van der Waals surface area contributed by atoms with Crippen molar-refractivity contribution in [1.82, 2.24) is 4.90 Å². The summed E-state index contributed by atoms with van der Waals surface area (Å²) in [5.41, 5.74) is 4.63. The summed E-state index contributed by atoms with van der Waals surface area (Å²) in [6.45, 7) is 5.52. The third-order valence-corrected chi connectivity index (χ3v) is 8.37. The molecule has 2 atom stereocenters. The van der Waals surface area contributed by atoms with Crippen LogP contribution in [0.1, 0.15) is 63.0 Å². The highest BCUT2D eigenvalue weighted by Crippen LogP contribution is 2.50. The van der Waals surface area contributed by atoms with E-state index in [4.69, 9.17) is 4.74 Å². The number of hydrogen-bond donors (Lipinski definition) is 1. The molecule has 1 heterocycles. The van der Waals surface area contributed by atoms with Crippen LogP contribution in [-0.2, 0) is 9.53 Å². The Morgan fingerprint density at radius 3 is 2.24 bits per heavy atom. The molecule has 5 rings (SSSR count). The van der Waals surface area contributed by atoms with Crippen LogP contribution in [0.5, 0.6) is 0 Å². The lowest BCUT2D eigenvalue weighted by Crippen LogP contribution is -2.35. The van der Waals surface area contributed by atoms with Crippen molar-refractivity contribution >= 4 is 12.1 Å². The topological polar surface area (TPSA) is 66.8 Å².